The fourth-order valence-electron chi connectivity index (χ4n) is 5.17. The number of nitrogens with zero attached hydrogens (tertiary/aromatic N) is 2. The van der Waals surface area contributed by atoms with E-state index in [4.69, 9.17) is 9.47 Å². The first-order valence-electron chi connectivity index (χ1n) is 12.3. The number of aliphatic hydroxyl groups is 1. The Morgan fingerprint density at radius 1 is 1.06 bits per heavy atom. The van der Waals surface area contributed by atoms with Crippen LogP contribution in [0.25, 0.3) is 0 Å². The first kappa shape index (κ1) is 24.5. The maximum Gasteiger partial charge on any atom is 0.323 e. The number of amides is 3. The lowest BCUT2D eigenvalue weighted by Gasteiger charge is -2.38. The van der Waals surface area contributed by atoms with Crippen molar-refractivity contribution in [3.63, 3.8) is 0 Å². The maximum atomic E-state index is 13.1. The third kappa shape index (κ3) is 5.30. The van der Waals surface area contributed by atoms with Crippen molar-refractivity contribution in [1.29, 1.82) is 0 Å². The van der Waals surface area contributed by atoms with Gasteiger partial charge in [-0.15, -0.1) is 0 Å². The summed E-state index contributed by atoms with van der Waals surface area (Å²) in [6.45, 7) is 2.91. The summed E-state index contributed by atoms with van der Waals surface area (Å²) in [5.41, 5.74) is 1.97. The molecule has 2 fully saturated rings. The molecule has 3 amide bonds. The summed E-state index contributed by atoms with van der Waals surface area (Å²) in [6, 6.07) is 10.5. The fourth-order valence-corrected chi connectivity index (χ4v) is 5.17. The van der Waals surface area contributed by atoms with Gasteiger partial charge in [-0.1, -0.05) is 0 Å². The predicted octanol–water partition coefficient (Wildman–Crippen LogP) is 2.63. The number of carbonyl (C=O) groups excluding carboxylic acids is 2. The minimum Gasteiger partial charge on any atom is -0.487 e. The summed E-state index contributed by atoms with van der Waals surface area (Å²) in [7, 11) is 2.05. The Morgan fingerprint density at radius 3 is 2.47 bits per heavy atom. The Balaban J connectivity index is 1.26. The molecule has 2 aromatic rings. The molecule has 0 unspecified atom stereocenters. The van der Waals surface area contributed by atoms with Gasteiger partial charge in [0.05, 0.1) is 19.1 Å². The van der Waals surface area contributed by atoms with Crippen LogP contribution in [0.3, 0.4) is 0 Å². The van der Waals surface area contributed by atoms with Crippen molar-refractivity contribution in [2.75, 3.05) is 50.5 Å². The number of anilines is 2. The molecule has 0 radical (unpaired) electrons. The molecule has 0 aliphatic carbocycles. The number of nitrogens with one attached hydrogen (secondary N) is 2. The minimum atomic E-state index is -0.542. The van der Waals surface area contributed by atoms with Crippen molar-refractivity contribution in [3.8, 4) is 5.75 Å². The van der Waals surface area contributed by atoms with E-state index in [9.17, 15) is 19.1 Å². The van der Waals surface area contributed by atoms with Gasteiger partial charge in [-0.05, 0) is 55.9 Å². The zero-order valence-corrected chi connectivity index (χ0v) is 20.2. The number of carbonyl (C=O) groups is 2. The van der Waals surface area contributed by atoms with E-state index >= 15 is 0 Å². The van der Waals surface area contributed by atoms with Gasteiger partial charge in [-0.25, -0.2) is 9.18 Å². The van der Waals surface area contributed by atoms with E-state index in [1.165, 1.54) is 24.3 Å². The van der Waals surface area contributed by atoms with Crippen LogP contribution in [0.1, 0.15) is 24.3 Å². The number of hydrogen-bond acceptors (Lipinski definition) is 6. The molecule has 0 aromatic heterocycles. The van der Waals surface area contributed by atoms with E-state index in [1.54, 1.807) is 12.1 Å². The van der Waals surface area contributed by atoms with Gasteiger partial charge in [-0.2, -0.15) is 0 Å². The molecular formula is C26H31FN4O5. The van der Waals surface area contributed by atoms with Crippen molar-refractivity contribution in [3.05, 3.63) is 53.8 Å². The topological polar surface area (TPSA) is 103 Å². The van der Waals surface area contributed by atoms with Crippen LogP contribution in [0.2, 0.25) is 0 Å². The summed E-state index contributed by atoms with van der Waals surface area (Å²) in [5.74, 6) is 0.297. The van der Waals surface area contributed by atoms with E-state index in [0.29, 0.717) is 36.6 Å². The highest BCUT2D eigenvalue weighted by Crippen LogP contribution is 2.47. The van der Waals surface area contributed by atoms with Crippen LogP contribution in [-0.4, -0.2) is 85.0 Å². The number of hydrogen-bond donors (Lipinski definition) is 3. The standard InChI is InChI=1S/C26H31FN4O5/c1-30-8-10-31(11-9-30)24(33)14-19-13-21-20-12-18(6-7-22(20)36-25(21)23(15-32)35-19)29-26(34)28-17-4-2-16(27)3-5-17/h2-7,12,19,21,23,25,32H,8-11,13-15H2,1H3,(H2,28,29,34)/t19-,21-,23+,25+/m0/s1. The molecule has 3 N–H and O–H groups in total. The average molecular weight is 499 g/mol. The van der Waals surface area contributed by atoms with Gasteiger partial charge in [0.25, 0.3) is 0 Å². The predicted molar refractivity (Wildman–Crippen MR) is 132 cm³/mol. The molecule has 3 aliphatic rings. The van der Waals surface area contributed by atoms with Crippen molar-refractivity contribution in [1.82, 2.24) is 9.80 Å². The number of benzene rings is 2. The van der Waals surface area contributed by atoms with Crippen molar-refractivity contribution in [2.45, 2.75) is 37.1 Å². The van der Waals surface area contributed by atoms with E-state index in [-0.39, 0.29) is 42.9 Å². The summed E-state index contributed by atoms with van der Waals surface area (Å²) in [5, 5.41) is 15.5. The highest BCUT2D eigenvalue weighted by atomic mass is 19.1. The molecule has 192 valence electrons. The van der Waals surface area contributed by atoms with Gasteiger partial charge in [0, 0.05) is 49.0 Å². The van der Waals surface area contributed by atoms with Gasteiger partial charge in [0.15, 0.2) is 0 Å². The number of urea groups is 1. The number of rotatable bonds is 5. The molecule has 3 aliphatic heterocycles. The molecular weight excluding hydrogens is 467 g/mol. The Kier molecular flexibility index (Phi) is 7.08. The summed E-state index contributed by atoms with van der Waals surface area (Å²) in [6.07, 6.45) is -0.387. The lowest BCUT2D eigenvalue weighted by molar-refractivity contribution is -0.150. The first-order chi connectivity index (χ1) is 17.4. The molecule has 10 heteroatoms. The zero-order chi connectivity index (χ0) is 25.2. The SMILES string of the molecule is CN1CCN(C(=O)C[C@@H]2C[C@H]3c4cc(NC(=O)Nc5ccc(F)cc5)ccc4O[C@H]3[C@@H](CO)O2)CC1. The summed E-state index contributed by atoms with van der Waals surface area (Å²) >= 11 is 0. The van der Waals surface area contributed by atoms with Gasteiger partial charge in [0.1, 0.15) is 23.8 Å². The van der Waals surface area contributed by atoms with Gasteiger partial charge < -0.3 is 35.0 Å². The third-order valence-electron chi connectivity index (χ3n) is 7.12. The molecule has 0 saturated carbocycles. The number of piperazine rings is 1. The zero-order valence-electron chi connectivity index (χ0n) is 20.2. The molecule has 4 atom stereocenters. The van der Waals surface area contributed by atoms with Crippen LogP contribution in [-0.2, 0) is 9.53 Å². The molecule has 36 heavy (non-hydrogen) atoms. The van der Waals surface area contributed by atoms with Crippen LogP contribution in [0.4, 0.5) is 20.6 Å². The number of likely N-dealkylation sites (N-methyl/N-ethyl adjacent to an activating group) is 1. The van der Waals surface area contributed by atoms with Crippen molar-refractivity contribution >= 4 is 23.3 Å². The number of ether oxygens (including phenoxy) is 2. The van der Waals surface area contributed by atoms with Gasteiger partial charge in [0.2, 0.25) is 5.91 Å². The highest BCUT2D eigenvalue weighted by molar-refractivity contribution is 5.99. The molecule has 9 nitrogen and oxygen atoms in total. The number of aliphatic hydroxyl groups excluding tert-OH is 1. The lowest BCUT2D eigenvalue weighted by atomic mass is 9.84. The van der Waals surface area contributed by atoms with E-state index < -0.39 is 12.1 Å². The summed E-state index contributed by atoms with van der Waals surface area (Å²) < 4.78 is 25.3. The second-order valence-corrected chi connectivity index (χ2v) is 9.63. The Labute approximate surface area is 209 Å². The van der Waals surface area contributed by atoms with Crippen molar-refractivity contribution in [2.24, 2.45) is 0 Å². The fraction of sp³-hybridized carbons (Fsp3) is 0.462. The second-order valence-electron chi connectivity index (χ2n) is 9.63. The van der Waals surface area contributed by atoms with Crippen molar-refractivity contribution < 1.29 is 28.6 Å². The molecule has 5 rings (SSSR count). The summed E-state index contributed by atoms with van der Waals surface area (Å²) in [4.78, 5) is 29.4. The van der Waals surface area contributed by atoms with Crippen LogP contribution in [0, 0.1) is 5.82 Å². The van der Waals surface area contributed by atoms with Gasteiger partial charge >= 0.3 is 6.03 Å². The van der Waals surface area contributed by atoms with Crippen LogP contribution in [0.15, 0.2) is 42.5 Å². The Bertz CT molecular complexity index is 1110. The monoisotopic (exact) mass is 498 g/mol. The normalized spacial score (nSPS) is 25.5. The molecule has 0 spiro atoms. The lowest BCUT2D eigenvalue weighted by Crippen LogP contribution is -2.50. The first-order valence-corrected chi connectivity index (χ1v) is 12.3. The maximum absolute atomic E-state index is 13.1. The molecule has 2 aromatic carbocycles. The second kappa shape index (κ2) is 10.4. The molecule has 3 heterocycles. The Hall–Kier alpha value is -3.21. The number of fused-ring (bicyclic) bond motifs is 3. The molecule has 2 saturated heterocycles. The highest BCUT2D eigenvalue weighted by Gasteiger charge is 2.46. The van der Waals surface area contributed by atoms with E-state index in [0.717, 1.165) is 18.7 Å². The molecule has 0 bridgehead atoms. The average Bonchev–Trinajstić information content (AvgIpc) is 3.23. The minimum absolute atomic E-state index is 0.0651. The largest absolute Gasteiger partial charge is 0.487 e. The smallest absolute Gasteiger partial charge is 0.323 e. The van der Waals surface area contributed by atoms with E-state index in [2.05, 4.69) is 15.5 Å². The van der Waals surface area contributed by atoms with Crippen LogP contribution < -0.4 is 15.4 Å². The Morgan fingerprint density at radius 2 is 1.75 bits per heavy atom. The van der Waals surface area contributed by atoms with Gasteiger partial charge in [-0.3, -0.25) is 4.79 Å². The number of halogens is 1. The van der Waals surface area contributed by atoms with Crippen LogP contribution >= 0.6 is 0 Å². The van der Waals surface area contributed by atoms with E-state index in [1.807, 2.05) is 18.0 Å². The third-order valence-corrected chi connectivity index (χ3v) is 7.12. The quantitative estimate of drug-likeness (QED) is 0.586. The van der Waals surface area contributed by atoms with Crippen LogP contribution in [0.5, 0.6) is 5.75 Å².